The first kappa shape index (κ1) is 9.00. The first-order valence-electron chi connectivity index (χ1n) is 5.08. The molecule has 13 heavy (non-hydrogen) atoms. The number of carbonyl (C=O) groups excluding carboxylic acids is 1. The average molecular weight is 184 g/mol. The maximum absolute atomic E-state index is 11.2. The van der Waals surface area contributed by atoms with Crippen LogP contribution in [-0.4, -0.2) is 17.4 Å². The van der Waals surface area contributed by atoms with Crippen LogP contribution in [0.2, 0.25) is 0 Å². The van der Waals surface area contributed by atoms with Gasteiger partial charge in [-0.15, -0.1) is 0 Å². The summed E-state index contributed by atoms with van der Waals surface area (Å²) in [6, 6.07) is 0. The molecule has 2 fully saturated rings. The summed E-state index contributed by atoms with van der Waals surface area (Å²) in [5.74, 6) is -0.222. The van der Waals surface area contributed by atoms with Gasteiger partial charge in [0.25, 0.3) is 0 Å². The summed E-state index contributed by atoms with van der Waals surface area (Å²) in [5, 5.41) is 9.35. The third-order valence-corrected chi connectivity index (χ3v) is 3.31. The number of carbonyl (C=O) groups is 1. The third kappa shape index (κ3) is 1.85. The lowest BCUT2D eigenvalue weighted by atomic mass is 9.69. The molecule has 0 amide bonds. The quantitative estimate of drug-likeness (QED) is 0.581. The van der Waals surface area contributed by atoms with Crippen molar-refractivity contribution in [3.05, 3.63) is 0 Å². The number of hydrogen-bond donors (Lipinski definition) is 1. The summed E-state index contributed by atoms with van der Waals surface area (Å²) in [4.78, 5) is 11.2. The van der Waals surface area contributed by atoms with Crippen LogP contribution in [-0.2, 0) is 9.53 Å². The molecule has 0 radical (unpaired) electrons. The maximum atomic E-state index is 11.2. The van der Waals surface area contributed by atoms with E-state index in [0.29, 0.717) is 12.8 Å². The van der Waals surface area contributed by atoms with Crippen molar-refractivity contribution in [1.29, 1.82) is 0 Å². The second-order valence-electron chi connectivity index (χ2n) is 4.39. The van der Waals surface area contributed by atoms with Gasteiger partial charge in [0.1, 0.15) is 0 Å². The van der Waals surface area contributed by atoms with E-state index in [9.17, 15) is 9.90 Å². The molecule has 1 spiro atoms. The Bertz CT molecular complexity index is 206. The Morgan fingerprint density at radius 2 is 2.00 bits per heavy atom. The number of aliphatic hydroxyl groups is 1. The van der Waals surface area contributed by atoms with Gasteiger partial charge < -0.3 is 9.84 Å². The fourth-order valence-electron chi connectivity index (χ4n) is 2.67. The zero-order chi connectivity index (χ0) is 9.31. The van der Waals surface area contributed by atoms with Crippen LogP contribution in [0.5, 0.6) is 0 Å². The van der Waals surface area contributed by atoms with Crippen LogP contribution in [0.25, 0.3) is 0 Å². The fraction of sp³-hybridized carbons (Fsp3) is 0.900. The van der Waals surface area contributed by atoms with E-state index in [1.807, 2.05) is 0 Å². The molecule has 1 atom stereocenters. The molecule has 1 heterocycles. The van der Waals surface area contributed by atoms with E-state index in [4.69, 9.17) is 4.74 Å². The van der Waals surface area contributed by atoms with Crippen molar-refractivity contribution < 1.29 is 14.6 Å². The van der Waals surface area contributed by atoms with E-state index in [0.717, 1.165) is 12.8 Å². The predicted molar refractivity (Wildman–Crippen MR) is 46.9 cm³/mol. The van der Waals surface area contributed by atoms with E-state index < -0.39 is 6.29 Å². The van der Waals surface area contributed by atoms with Gasteiger partial charge in [-0.1, -0.05) is 19.3 Å². The largest absolute Gasteiger partial charge is 0.436 e. The second kappa shape index (κ2) is 3.29. The van der Waals surface area contributed by atoms with E-state index in [1.165, 1.54) is 19.3 Å². The minimum absolute atomic E-state index is 0.0764. The number of esters is 1. The lowest BCUT2D eigenvalue weighted by molar-refractivity contribution is -0.192. The van der Waals surface area contributed by atoms with E-state index in [-0.39, 0.29) is 11.4 Å². The first-order chi connectivity index (χ1) is 6.20. The topological polar surface area (TPSA) is 46.5 Å². The molecule has 1 aliphatic carbocycles. The zero-order valence-electron chi connectivity index (χ0n) is 7.79. The van der Waals surface area contributed by atoms with Crippen LogP contribution in [0.1, 0.15) is 44.9 Å². The monoisotopic (exact) mass is 184 g/mol. The molecule has 1 aliphatic heterocycles. The van der Waals surface area contributed by atoms with E-state index in [2.05, 4.69) is 0 Å². The van der Waals surface area contributed by atoms with Crippen molar-refractivity contribution >= 4 is 5.97 Å². The van der Waals surface area contributed by atoms with Crippen LogP contribution in [0.4, 0.5) is 0 Å². The lowest BCUT2D eigenvalue weighted by Gasteiger charge is -2.40. The maximum Gasteiger partial charge on any atom is 0.308 e. The molecule has 2 rings (SSSR count). The normalized spacial score (nSPS) is 33.0. The highest BCUT2D eigenvalue weighted by Gasteiger charge is 2.41. The Hall–Kier alpha value is -0.570. The van der Waals surface area contributed by atoms with Crippen LogP contribution < -0.4 is 0 Å². The van der Waals surface area contributed by atoms with Gasteiger partial charge >= 0.3 is 5.97 Å². The van der Waals surface area contributed by atoms with E-state index >= 15 is 0 Å². The summed E-state index contributed by atoms with van der Waals surface area (Å²) in [7, 11) is 0. The fourth-order valence-corrected chi connectivity index (χ4v) is 2.67. The Morgan fingerprint density at radius 1 is 1.31 bits per heavy atom. The van der Waals surface area contributed by atoms with Gasteiger partial charge in [0.05, 0.1) is 6.42 Å². The zero-order valence-corrected chi connectivity index (χ0v) is 7.79. The Morgan fingerprint density at radius 3 is 2.62 bits per heavy atom. The van der Waals surface area contributed by atoms with Gasteiger partial charge in [-0.25, -0.2) is 0 Å². The van der Waals surface area contributed by atoms with Crippen molar-refractivity contribution in [2.45, 2.75) is 51.2 Å². The Labute approximate surface area is 78.1 Å². The minimum atomic E-state index is -0.848. The minimum Gasteiger partial charge on any atom is -0.436 e. The molecule has 1 N–H and O–H groups in total. The third-order valence-electron chi connectivity index (χ3n) is 3.31. The number of hydrogen-bond acceptors (Lipinski definition) is 3. The van der Waals surface area contributed by atoms with Gasteiger partial charge in [-0.05, 0) is 18.3 Å². The summed E-state index contributed by atoms with van der Waals surface area (Å²) in [5.41, 5.74) is 0.0764. The lowest BCUT2D eigenvalue weighted by Crippen LogP contribution is -2.39. The number of aliphatic hydroxyl groups excluding tert-OH is 1. The van der Waals surface area contributed by atoms with Crippen LogP contribution in [0.3, 0.4) is 0 Å². The molecule has 2 aliphatic rings. The molecule has 3 nitrogen and oxygen atoms in total. The van der Waals surface area contributed by atoms with Gasteiger partial charge in [0.2, 0.25) is 6.29 Å². The molecule has 0 aromatic heterocycles. The predicted octanol–water partition coefficient (Wildman–Crippen LogP) is 1.59. The Kier molecular flexibility index (Phi) is 2.28. The molecule has 74 valence electrons. The standard InChI is InChI=1S/C10H16O3/c11-8-6-10(7-9(12)13-8)4-2-1-3-5-10/h8,11H,1-7H2. The molecule has 0 bridgehead atoms. The smallest absolute Gasteiger partial charge is 0.308 e. The number of ether oxygens (including phenoxy) is 1. The van der Waals surface area contributed by atoms with Gasteiger partial charge in [0, 0.05) is 6.42 Å². The summed E-state index contributed by atoms with van der Waals surface area (Å²) in [6.07, 6.45) is 6.15. The summed E-state index contributed by atoms with van der Waals surface area (Å²) in [6.45, 7) is 0. The molecular formula is C10H16O3. The SMILES string of the molecule is O=C1CC2(CCCCC2)CC(O)O1. The van der Waals surface area contributed by atoms with Crippen molar-refractivity contribution in [2.24, 2.45) is 5.41 Å². The summed E-state index contributed by atoms with van der Waals surface area (Å²) < 4.78 is 4.73. The highest BCUT2D eigenvalue weighted by atomic mass is 16.6. The molecule has 1 unspecified atom stereocenters. The van der Waals surface area contributed by atoms with Crippen molar-refractivity contribution in [3.63, 3.8) is 0 Å². The Balaban J connectivity index is 2.06. The van der Waals surface area contributed by atoms with Crippen molar-refractivity contribution in [1.82, 2.24) is 0 Å². The van der Waals surface area contributed by atoms with Crippen LogP contribution in [0.15, 0.2) is 0 Å². The van der Waals surface area contributed by atoms with Crippen molar-refractivity contribution in [2.75, 3.05) is 0 Å². The molecule has 0 aromatic rings. The van der Waals surface area contributed by atoms with Crippen molar-refractivity contribution in [3.8, 4) is 0 Å². The van der Waals surface area contributed by atoms with Gasteiger partial charge in [-0.3, -0.25) is 4.79 Å². The van der Waals surface area contributed by atoms with Crippen LogP contribution in [0, 0.1) is 5.41 Å². The molecule has 1 saturated carbocycles. The second-order valence-corrected chi connectivity index (χ2v) is 4.39. The highest BCUT2D eigenvalue weighted by Crippen LogP contribution is 2.45. The van der Waals surface area contributed by atoms with Gasteiger partial charge in [-0.2, -0.15) is 0 Å². The average Bonchev–Trinajstić information content (AvgIpc) is 2.02. The number of cyclic esters (lactones) is 1. The van der Waals surface area contributed by atoms with Crippen LogP contribution >= 0.6 is 0 Å². The number of rotatable bonds is 0. The first-order valence-corrected chi connectivity index (χ1v) is 5.08. The molecular weight excluding hydrogens is 168 g/mol. The summed E-state index contributed by atoms with van der Waals surface area (Å²) >= 11 is 0. The molecule has 3 heteroatoms. The van der Waals surface area contributed by atoms with E-state index in [1.54, 1.807) is 0 Å². The molecule has 1 saturated heterocycles. The van der Waals surface area contributed by atoms with Gasteiger partial charge in [0.15, 0.2) is 0 Å². The molecule has 0 aromatic carbocycles. The highest BCUT2D eigenvalue weighted by molar-refractivity contribution is 5.71.